The van der Waals surface area contributed by atoms with Gasteiger partial charge >= 0.3 is 6.18 Å². The van der Waals surface area contributed by atoms with E-state index in [1.165, 1.54) is 0 Å². The molecule has 2 N–H and O–H groups in total. The molecule has 1 saturated carbocycles. The van der Waals surface area contributed by atoms with E-state index in [4.69, 9.17) is 11.6 Å². The summed E-state index contributed by atoms with van der Waals surface area (Å²) >= 11 is 9.60. The van der Waals surface area contributed by atoms with Crippen molar-refractivity contribution in [3.05, 3.63) is 81.0 Å². The molecular weight excluding hydrogens is 553 g/mol. The zero-order valence-corrected chi connectivity index (χ0v) is 22.3. The van der Waals surface area contributed by atoms with E-state index in [1.54, 1.807) is 6.07 Å². The van der Waals surface area contributed by atoms with E-state index in [0.29, 0.717) is 11.4 Å². The molecule has 36 heavy (non-hydrogen) atoms. The van der Waals surface area contributed by atoms with Gasteiger partial charge in [0, 0.05) is 33.6 Å². The zero-order valence-electron chi connectivity index (χ0n) is 20.0. The van der Waals surface area contributed by atoms with E-state index in [0.717, 1.165) is 47.7 Å². The minimum absolute atomic E-state index is 0.0391. The molecule has 2 aromatic carbocycles. The van der Waals surface area contributed by atoms with Crippen LogP contribution in [0, 0.1) is 0 Å². The first-order valence-corrected chi connectivity index (χ1v) is 13.3. The lowest BCUT2D eigenvalue weighted by molar-refractivity contribution is -0.144. The van der Waals surface area contributed by atoms with Gasteiger partial charge in [-0.15, -0.1) is 0 Å². The van der Waals surface area contributed by atoms with Gasteiger partial charge in [-0.25, -0.2) is 9.97 Å². The predicted octanol–water partition coefficient (Wildman–Crippen LogP) is 8.48. The highest BCUT2D eigenvalue weighted by Gasteiger charge is 2.36. The van der Waals surface area contributed by atoms with Crippen LogP contribution in [0.4, 0.5) is 24.8 Å². The van der Waals surface area contributed by atoms with E-state index in [-0.39, 0.29) is 29.6 Å². The Morgan fingerprint density at radius 1 is 1.00 bits per heavy atom. The Morgan fingerprint density at radius 3 is 2.36 bits per heavy atom. The highest BCUT2D eigenvalue weighted by molar-refractivity contribution is 9.10. The van der Waals surface area contributed by atoms with E-state index in [9.17, 15) is 13.2 Å². The second kappa shape index (κ2) is 11.8. The lowest BCUT2D eigenvalue weighted by atomic mass is 9.86. The predicted molar refractivity (Wildman–Crippen MR) is 143 cm³/mol. The first-order valence-electron chi connectivity index (χ1n) is 12.2. The fraction of sp³-hybridized carbons (Fsp3) is 0.407. The highest BCUT2D eigenvalue weighted by Crippen LogP contribution is 2.32. The molecule has 0 radical (unpaired) electrons. The zero-order chi connectivity index (χ0) is 25.7. The van der Waals surface area contributed by atoms with Crippen molar-refractivity contribution >= 4 is 39.2 Å². The summed E-state index contributed by atoms with van der Waals surface area (Å²) in [6, 6.07) is 17.1. The van der Waals surface area contributed by atoms with E-state index in [2.05, 4.69) is 36.5 Å². The molecule has 9 heteroatoms. The van der Waals surface area contributed by atoms with Crippen LogP contribution in [-0.4, -0.2) is 22.1 Å². The Hall–Kier alpha value is -2.32. The lowest BCUT2D eigenvalue weighted by Gasteiger charge is -2.27. The summed E-state index contributed by atoms with van der Waals surface area (Å²) in [5.41, 5.74) is 2.14. The molecule has 3 aromatic rings. The maximum atomic E-state index is 13.7. The number of nitrogens with one attached hydrogen (secondary N) is 2. The van der Waals surface area contributed by atoms with E-state index in [1.807, 2.05) is 55.5 Å². The number of aromatic nitrogens is 2. The van der Waals surface area contributed by atoms with Crippen LogP contribution in [0.1, 0.15) is 61.9 Å². The normalized spacial score (nSPS) is 16.4. The van der Waals surface area contributed by atoms with Gasteiger partial charge in [0.05, 0.1) is 0 Å². The molecule has 1 aromatic heterocycles. The topological polar surface area (TPSA) is 49.8 Å². The van der Waals surface area contributed by atoms with Crippen LogP contribution in [0.2, 0.25) is 5.02 Å². The molecule has 1 fully saturated rings. The van der Waals surface area contributed by atoms with Gasteiger partial charge in [0.15, 0.2) is 0 Å². The third-order valence-corrected chi connectivity index (χ3v) is 7.31. The van der Waals surface area contributed by atoms with Crippen molar-refractivity contribution in [2.75, 3.05) is 10.6 Å². The van der Waals surface area contributed by atoms with Crippen molar-refractivity contribution in [3.8, 4) is 0 Å². The maximum Gasteiger partial charge on any atom is 0.451 e. The Bertz CT molecular complexity index is 1150. The molecule has 1 aliphatic carbocycles. The molecule has 1 aliphatic rings. The van der Waals surface area contributed by atoms with Gasteiger partial charge in [-0.05, 0) is 61.6 Å². The summed E-state index contributed by atoms with van der Waals surface area (Å²) in [5, 5.41) is 7.12. The van der Waals surface area contributed by atoms with Gasteiger partial charge in [-0.2, -0.15) is 13.2 Å². The fourth-order valence-electron chi connectivity index (χ4n) is 4.71. The summed E-state index contributed by atoms with van der Waals surface area (Å²) in [5.74, 6) is -0.827. The van der Waals surface area contributed by atoms with Crippen molar-refractivity contribution in [1.82, 2.24) is 9.97 Å². The van der Waals surface area contributed by atoms with Crippen LogP contribution < -0.4 is 10.6 Å². The average molecular weight is 582 g/mol. The summed E-state index contributed by atoms with van der Waals surface area (Å²) in [4.78, 5) is 7.63. The first-order chi connectivity index (χ1) is 17.2. The number of benzene rings is 2. The van der Waals surface area contributed by atoms with Crippen molar-refractivity contribution < 1.29 is 13.2 Å². The standard InChI is InChI=1S/C27H29BrClF3N4/c1-17(23(19-6-5-7-20(28)15-19)14-18-10-12-21(29)13-11-18)33-24-16-25(34-22-8-3-2-4-9-22)36-26(35-24)27(30,31)32/h5-7,10-13,15-17,22-23H,2-4,8-9,14H2,1H3,(H2,33,34,35,36)/t17-,23+/m0/s1. The first kappa shape index (κ1) is 26.7. The minimum atomic E-state index is -4.64. The largest absolute Gasteiger partial charge is 0.451 e. The van der Waals surface area contributed by atoms with Gasteiger partial charge in [0.25, 0.3) is 0 Å². The van der Waals surface area contributed by atoms with Crippen LogP contribution in [0.15, 0.2) is 59.1 Å². The number of rotatable bonds is 8. The van der Waals surface area contributed by atoms with Crippen molar-refractivity contribution in [1.29, 1.82) is 0 Å². The average Bonchev–Trinajstić information content (AvgIpc) is 2.83. The molecule has 1 heterocycles. The smallest absolute Gasteiger partial charge is 0.367 e. The monoisotopic (exact) mass is 580 g/mol. The van der Waals surface area contributed by atoms with Crippen LogP contribution >= 0.6 is 27.5 Å². The Kier molecular flexibility index (Phi) is 8.78. The fourth-order valence-corrected chi connectivity index (χ4v) is 5.25. The highest BCUT2D eigenvalue weighted by atomic mass is 79.9. The third-order valence-electron chi connectivity index (χ3n) is 6.56. The molecule has 2 atom stereocenters. The summed E-state index contributed by atoms with van der Waals surface area (Å²) in [7, 11) is 0. The summed E-state index contributed by atoms with van der Waals surface area (Å²) in [6.45, 7) is 1.96. The van der Waals surface area contributed by atoms with E-state index < -0.39 is 12.0 Å². The molecule has 0 spiro atoms. The Balaban J connectivity index is 1.61. The van der Waals surface area contributed by atoms with Crippen LogP contribution in [0.25, 0.3) is 0 Å². The number of alkyl halides is 3. The molecule has 0 bridgehead atoms. The number of hydrogen-bond donors (Lipinski definition) is 2. The quantitative estimate of drug-likeness (QED) is 0.280. The second-order valence-corrected chi connectivity index (χ2v) is 10.7. The molecule has 0 saturated heterocycles. The lowest BCUT2D eigenvalue weighted by Crippen LogP contribution is -2.28. The summed E-state index contributed by atoms with van der Waals surface area (Å²) in [6.07, 6.45) is 1.17. The van der Waals surface area contributed by atoms with Gasteiger partial charge in [0.2, 0.25) is 5.82 Å². The molecule has 0 amide bonds. The molecule has 192 valence electrons. The molecule has 4 nitrogen and oxygen atoms in total. The molecular formula is C27H29BrClF3N4. The van der Waals surface area contributed by atoms with E-state index >= 15 is 0 Å². The number of anilines is 2. The van der Waals surface area contributed by atoms with Gasteiger partial charge < -0.3 is 10.6 Å². The van der Waals surface area contributed by atoms with Crippen molar-refractivity contribution in [2.45, 2.75) is 69.6 Å². The second-order valence-electron chi connectivity index (χ2n) is 9.36. The Morgan fingerprint density at radius 2 is 1.69 bits per heavy atom. The van der Waals surface area contributed by atoms with Crippen LogP contribution in [0.5, 0.6) is 0 Å². The van der Waals surface area contributed by atoms with Crippen LogP contribution in [0.3, 0.4) is 0 Å². The van der Waals surface area contributed by atoms with Gasteiger partial charge in [-0.3, -0.25) is 0 Å². The maximum absolute atomic E-state index is 13.7. The molecule has 0 aliphatic heterocycles. The number of halogens is 5. The van der Waals surface area contributed by atoms with Crippen molar-refractivity contribution in [3.63, 3.8) is 0 Å². The number of hydrogen-bond acceptors (Lipinski definition) is 4. The number of nitrogens with zero attached hydrogens (tertiary/aromatic N) is 2. The SMILES string of the molecule is C[C@H](Nc1cc(NC2CCCCC2)nc(C(F)(F)F)n1)[C@@H](Cc1ccc(Cl)cc1)c1cccc(Br)c1. The minimum Gasteiger partial charge on any atom is -0.367 e. The van der Waals surface area contributed by atoms with Crippen molar-refractivity contribution in [2.24, 2.45) is 0 Å². The van der Waals surface area contributed by atoms with Crippen LogP contribution in [-0.2, 0) is 12.6 Å². The third kappa shape index (κ3) is 7.35. The molecule has 0 unspecified atom stereocenters. The molecule has 4 rings (SSSR count). The van der Waals surface area contributed by atoms with Gasteiger partial charge in [-0.1, -0.05) is 71.1 Å². The Labute approximate surface area is 223 Å². The van der Waals surface area contributed by atoms with Gasteiger partial charge in [0.1, 0.15) is 11.6 Å². The summed E-state index contributed by atoms with van der Waals surface area (Å²) < 4.78 is 41.9.